The summed E-state index contributed by atoms with van der Waals surface area (Å²) in [7, 11) is 0. The van der Waals surface area contributed by atoms with E-state index in [-0.39, 0.29) is 5.91 Å². The number of amides is 1. The Morgan fingerprint density at radius 3 is 2.28 bits per heavy atom. The number of carbonyl (C=O) groups excluding carboxylic acids is 1. The number of nitrogens with zero attached hydrogens (tertiary/aromatic N) is 2. The second-order valence-corrected chi connectivity index (χ2v) is 5.48. The van der Waals surface area contributed by atoms with Gasteiger partial charge in [-0.1, -0.05) is 26.7 Å². The highest BCUT2D eigenvalue weighted by molar-refractivity contribution is 5.73. The molecule has 0 radical (unpaired) electrons. The topological polar surface area (TPSA) is 23.6 Å². The highest BCUT2D eigenvalue weighted by Gasteiger charge is 2.24. The maximum absolute atomic E-state index is 11.3. The second kappa shape index (κ2) is 8.52. The van der Waals surface area contributed by atoms with Crippen LogP contribution in [0.4, 0.5) is 0 Å². The van der Waals surface area contributed by atoms with E-state index in [0.29, 0.717) is 6.04 Å². The number of rotatable bonds is 7. The summed E-state index contributed by atoms with van der Waals surface area (Å²) in [6, 6.07) is 0.706. The lowest BCUT2D eigenvalue weighted by Gasteiger charge is -2.38. The molecule has 106 valence electrons. The molecule has 1 heterocycles. The Bertz CT molecular complexity index is 235. The Labute approximate surface area is 113 Å². The highest BCUT2D eigenvalue weighted by Crippen LogP contribution is 2.18. The van der Waals surface area contributed by atoms with Gasteiger partial charge in [-0.3, -0.25) is 4.79 Å². The van der Waals surface area contributed by atoms with Crippen LogP contribution in [0.5, 0.6) is 0 Å². The van der Waals surface area contributed by atoms with Crippen molar-refractivity contribution in [2.45, 2.75) is 65.3 Å². The van der Waals surface area contributed by atoms with Crippen LogP contribution in [-0.4, -0.2) is 47.9 Å². The minimum Gasteiger partial charge on any atom is -0.343 e. The molecule has 3 nitrogen and oxygen atoms in total. The average Bonchev–Trinajstić information content (AvgIpc) is 2.38. The van der Waals surface area contributed by atoms with Crippen LogP contribution in [0.15, 0.2) is 0 Å². The van der Waals surface area contributed by atoms with Gasteiger partial charge in [0.05, 0.1) is 0 Å². The van der Waals surface area contributed by atoms with Gasteiger partial charge >= 0.3 is 0 Å². The minimum atomic E-state index is 0.237. The van der Waals surface area contributed by atoms with Gasteiger partial charge in [0.25, 0.3) is 0 Å². The Hall–Kier alpha value is -0.570. The predicted octanol–water partition coefficient (Wildman–Crippen LogP) is 2.90. The molecule has 0 spiro atoms. The summed E-state index contributed by atoms with van der Waals surface area (Å²) in [5, 5.41) is 0. The van der Waals surface area contributed by atoms with Crippen molar-refractivity contribution in [2.24, 2.45) is 0 Å². The molecule has 0 N–H and O–H groups in total. The lowest BCUT2D eigenvalue weighted by Crippen LogP contribution is -2.46. The molecule has 0 unspecified atom stereocenters. The lowest BCUT2D eigenvalue weighted by atomic mass is 10.0. The molecule has 0 atom stereocenters. The molecule has 0 bridgehead atoms. The van der Waals surface area contributed by atoms with Crippen LogP contribution >= 0.6 is 0 Å². The lowest BCUT2D eigenvalue weighted by molar-refractivity contribution is -0.130. The Morgan fingerprint density at radius 1 is 1.11 bits per heavy atom. The first-order valence-electron chi connectivity index (χ1n) is 7.68. The van der Waals surface area contributed by atoms with E-state index >= 15 is 0 Å². The molecular formula is C15H30N2O. The number of carbonyl (C=O) groups is 1. The summed E-state index contributed by atoms with van der Waals surface area (Å²) in [4.78, 5) is 16.0. The predicted molar refractivity (Wildman–Crippen MR) is 76.7 cm³/mol. The van der Waals surface area contributed by atoms with E-state index in [1.54, 1.807) is 6.92 Å². The zero-order valence-corrected chi connectivity index (χ0v) is 12.5. The summed E-state index contributed by atoms with van der Waals surface area (Å²) in [5.41, 5.74) is 0. The fourth-order valence-corrected chi connectivity index (χ4v) is 2.87. The average molecular weight is 254 g/mol. The summed E-state index contributed by atoms with van der Waals surface area (Å²) >= 11 is 0. The molecular weight excluding hydrogens is 224 g/mol. The zero-order chi connectivity index (χ0) is 13.4. The van der Waals surface area contributed by atoms with E-state index in [4.69, 9.17) is 0 Å². The smallest absolute Gasteiger partial charge is 0.219 e. The largest absolute Gasteiger partial charge is 0.343 e. The van der Waals surface area contributed by atoms with Crippen LogP contribution in [0.2, 0.25) is 0 Å². The maximum Gasteiger partial charge on any atom is 0.219 e. The Balaban J connectivity index is 2.37. The van der Waals surface area contributed by atoms with Crippen molar-refractivity contribution in [1.29, 1.82) is 0 Å². The van der Waals surface area contributed by atoms with Crippen LogP contribution in [0.25, 0.3) is 0 Å². The van der Waals surface area contributed by atoms with Crippen molar-refractivity contribution in [2.75, 3.05) is 26.2 Å². The van der Waals surface area contributed by atoms with Crippen LogP contribution < -0.4 is 0 Å². The first kappa shape index (κ1) is 15.5. The second-order valence-electron chi connectivity index (χ2n) is 5.48. The van der Waals surface area contributed by atoms with Crippen LogP contribution in [0, 0.1) is 0 Å². The number of hydrogen-bond acceptors (Lipinski definition) is 2. The van der Waals surface area contributed by atoms with E-state index in [2.05, 4.69) is 18.7 Å². The summed E-state index contributed by atoms with van der Waals surface area (Å²) in [5.74, 6) is 0.237. The first-order valence-corrected chi connectivity index (χ1v) is 7.68. The van der Waals surface area contributed by atoms with Crippen molar-refractivity contribution >= 4 is 5.91 Å². The Kier molecular flexibility index (Phi) is 7.33. The van der Waals surface area contributed by atoms with Crippen molar-refractivity contribution in [1.82, 2.24) is 9.80 Å². The van der Waals surface area contributed by atoms with Gasteiger partial charge in [-0.2, -0.15) is 0 Å². The zero-order valence-electron chi connectivity index (χ0n) is 12.5. The third-order valence-electron chi connectivity index (χ3n) is 3.99. The molecule has 1 rings (SSSR count). The van der Waals surface area contributed by atoms with Crippen LogP contribution in [0.3, 0.4) is 0 Å². The molecule has 0 aliphatic carbocycles. The van der Waals surface area contributed by atoms with Gasteiger partial charge in [0.2, 0.25) is 5.91 Å². The van der Waals surface area contributed by atoms with Gasteiger partial charge in [-0.25, -0.2) is 0 Å². The van der Waals surface area contributed by atoms with E-state index in [1.165, 1.54) is 38.8 Å². The summed E-state index contributed by atoms with van der Waals surface area (Å²) < 4.78 is 0. The van der Waals surface area contributed by atoms with Crippen molar-refractivity contribution in [3.8, 4) is 0 Å². The molecule has 0 saturated carbocycles. The molecule has 1 fully saturated rings. The van der Waals surface area contributed by atoms with E-state index < -0.39 is 0 Å². The van der Waals surface area contributed by atoms with Crippen molar-refractivity contribution < 1.29 is 4.79 Å². The Morgan fingerprint density at radius 2 is 1.78 bits per heavy atom. The standard InChI is InChI=1S/C15H30N2O/c1-4-6-7-11-17(10-5-2)15-8-12-16(13-9-15)14(3)18/h15H,4-13H2,1-3H3. The van der Waals surface area contributed by atoms with Crippen molar-refractivity contribution in [3.05, 3.63) is 0 Å². The summed E-state index contributed by atoms with van der Waals surface area (Å²) in [6.45, 7) is 10.6. The SMILES string of the molecule is CCCCCN(CCC)C1CCN(C(C)=O)CC1. The number of likely N-dealkylation sites (tertiary alicyclic amines) is 1. The summed E-state index contributed by atoms with van der Waals surface area (Å²) in [6.07, 6.45) is 7.51. The van der Waals surface area contributed by atoms with E-state index in [9.17, 15) is 4.79 Å². The normalized spacial score (nSPS) is 17.4. The van der Waals surface area contributed by atoms with Gasteiger partial charge in [0.15, 0.2) is 0 Å². The molecule has 1 aliphatic heterocycles. The van der Waals surface area contributed by atoms with Crippen LogP contribution in [0.1, 0.15) is 59.3 Å². The first-order chi connectivity index (χ1) is 8.69. The van der Waals surface area contributed by atoms with Crippen LogP contribution in [-0.2, 0) is 4.79 Å². The minimum absolute atomic E-state index is 0.237. The van der Waals surface area contributed by atoms with Gasteiger partial charge in [0, 0.05) is 26.1 Å². The van der Waals surface area contributed by atoms with E-state index in [0.717, 1.165) is 25.9 Å². The third kappa shape index (κ3) is 4.97. The molecule has 1 amide bonds. The van der Waals surface area contributed by atoms with Crippen molar-refractivity contribution in [3.63, 3.8) is 0 Å². The number of hydrogen-bond donors (Lipinski definition) is 0. The highest BCUT2D eigenvalue weighted by atomic mass is 16.2. The molecule has 0 aromatic carbocycles. The number of unbranched alkanes of at least 4 members (excludes halogenated alkanes) is 2. The fourth-order valence-electron chi connectivity index (χ4n) is 2.87. The van der Waals surface area contributed by atoms with Gasteiger partial charge in [-0.15, -0.1) is 0 Å². The molecule has 18 heavy (non-hydrogen) atoms. The van der Waals surface area contributed by atoms with Gasteiger partial charge in [-0.05, 0) is 38.8 Å². The third-order valence-corrected chi connectivity index (χ3v) is 3.99. The maximum atomic E-state index is 11.3. The fraction of sp³-hybridized carbons (Fsp3) is 0.933. The molecule has 1 saturated heterocycles. The molecule has 0 aromatic rings. The number of piperidine rings is 1. The molecule has 3 heteroatoms. The van der Waals surface area contributed by atoms with Gasteiger partial charge < -0.3 is 9.80 Å². The van der Waals surface area contributed by atoms with E-state index in [1.807, 2.05) is 4.90 Å². The molecule has 0 aromatic heterocycles. The van der Waals surface area contributed by atoms with Gasteiger partial charge in [0.1, 0.15) is 0 Å². The monoisotopic (exact) mass is 254 g/mol. The molecule has 1 aliphatic rings. The quantitative estimate of drug-likeness (QED) is 0.652.